The minimum Gasteiger partial charge on any atom is -0.388 e. The number of aryl methyl sites for hydroxylation is 2. The van der Waals surface area contributed by atoms with E-state index in [0.29, 0.717) is 17.2 Å². The van der Waals surface area contributed by atoms with Crippen LogP contribution in [-0.2, 0) is 11.2 Å². The third-order valence-electron chi connectivity index (χ3n) is 6.80. The van der Waals surface area contributed by atoms with E-state index in [2.05, 4.69) is 74.0 Å². The van der Waals surface area contributed by atoms with Gasteiger partial charge in [0, 0.05) is 35.1 Å². The second-order valence-corrected chi connectivity index (χ2v) is 9.40. The Morgan fingerprint density at radius 1 is 1.18 bits per heavy atom. The van der Waals surface area contributed by atoms with E-state index in [1.807, 2.05) is 13.8 Å². The minimum absolute atomic E-state index is 0.105. The lowest BCUT2D eigenvalue weighted by molar-refractivity contribution is -0.115. The molecule has 5 nitrogen and oxygen atoms in total. The van der Waals surface area contributed by atoms with Crippen molar-refractivity contribution in [2.75, 3.05) is 6.54 Å². The monoisotopic (exact) mass is 460 g/mol. The summed E-state index contributed by atoms with van der Waals surface area (Å²) in [5, 5.41) is 17.9. The zero-order chi connectivity index (χ0) is 24.8. The fourth-order valence-electron chi connectivity index (χ4n) is 4.80. The molecule has 0 radical (unpaired) electrons. The number of allylic oxidation sites excluding steroid dienone is 5. The number of amidine groups is 1. The summed E-state index contributed by atoms with van der Waals surface area (Å²) in [6, 6.07) is 6.74. The van der Waals surface area contributed by atoms with Gasteiger partial charge < -0.3 is 16.0 Å². The molecule has 0 bridgehead atoms. The van der Waals surface area contributed by atoms with E-state index in [-0.39, 0.29) is 17.7 Å². The van der Waals surface area contributed by atoms with Crippen molar-refractivity contribution in [1.29, 1.82) is 5.41 Å². The normalized spacial score (nSPS) is 21.4. The van der Waals surface area contributed by atoms with Gasteiger partial charge >= 0.3 is 0 Å². The molecule has 0 spiro atoms. The molecule has 3 rings (SSSR count). The van der Waals surface area contributed by atoms with Gasteiger partial charge in [0.2, 0.25) is 0 Å². The molecule has 1 amide bonds. The van der Waals surface area contributed by atoms with Crippen LogP contribution in [0.2, 0.25) is 0 Å². The Bertz CT molecular complexity index is 1070. The Labute approximate surface area is 205 Å². The highest BCUT2D eigenvalue weighted by atomic mass is 16.2. The summed E-state index contributed by atoms with van der Waals surface area (Å²) in [5.41, 5.74) is 8.06. The number of nitrogens with one attached hydrogen (secondary N) is 4. The second-order valence-electron chi connectivity index (χ2n) is 9.40. The molecule has 1 aromatic carbocycles. The predicted molar refractivity (Wildman–Crippen MR) is 142 cm³/mol. The van der Waals surface area contributed by atoms with Gasteiger partial charge in [0.25, 0.3) is 5.91 Å². The number of fused-ring (bicyclic) bond motifs is 1. The second kappa shape index (κ2) is 11.4. The summed E-state index contributed by atoms with van der Waals surface area (Å²) in [4.78, 5) is 13.0. The number of amides is 1. The van der Waals surface area contributed by atoms with Crippen molar-refractivity contribution in [2.24, 2.45) is 5.92 Å². The van der Waals surface area contributed by atoms with Crippen molar-refractivity contribution in [3.05, 3.63) is 81.4 Å². The third-order valence-corrected chi connectivity index (χ3v) is 6.80. The Kier molecular flexibility index (Phi) is 8.54. The van der Waals surface area contributed by atoms with Gasteiger partial charge in [-0.05, 0) is 68.7 Å². The van der Waals surface area contributed by atoms with E-state index in [9.17, 15) is 4.79 Å². The van der Waals surface area contributed by atoms with Crippen molar-refractivity contribution < 1.29 is 4.79 Å². The standard InChI is InChI=1S/C29H40N4O/c1-7-10-13-31-19(5)14-27(30)32-20(6)28-25-17-24(22(9-3)16-26(25)33-29(28)34)23-15-21(8-2)12-11-18(23)4/h11-12,14-17,22,24,31H,7-10,13H2,1-6H3,(H2,30,32)(H,33,34)/b19-14-,28-20-. The largest absolute Gasteiger partial charge is 0.388 e. The van der Waals surface area contributed by atoms with Crippen molar-refractivity contribution in [3.63, 3.8) is 0 Å². The molecule has 2 aliphatic rings. The highest BCUT2D eigenvalue weighted by Crippen LogP contribution is 2.42. The summed E-state index contributed by atoms with van der Waals surface area (Å²) in [5.74, 6) is 0.708. The fraction of sp³-hybridized carbons (Fsp3) is 0.448. The Balaban J connectivity index is 1.92. The first-order valence-electron chi connectivity index (χ1n) is 12.6. The summed E-state index contributed by atoms with van der Waals surface area (Å²) in [6.07, 6.45) is 10.5. The molecular weight excluding hydrogens is 420 g/mol. The maximum atomic E-state index is 13.0. The van der Waals surface area contributed by atoms with E-state index in [0.717, 1.165) is 49.2 Å². The lowest BCUT2D eigenvalue weighted by Crippen LogP contribution is -2.24. The summed E-state index contributed by atoms with van der Waals surface area (Å²) in [6.45, 7) is 13.5. The van der Waals surface area contributed by atoms with Crippen molar-refractivity contribution in [3.8, 4) is 0 Å². The predicted octanol–water partition coefficient (Wildman–Crippen LogP) is 5.76. The number of rotatable bonds is 9. The molecule has 34 heavy (non-hydrogen) atoms. The molecule has 1 aliphatic carbocycles. The van der Waals surface area contributed by atoms with Crippen LogP contribution in [0.3, 0.4) is 0 Å². The van der Waals surface area contributed by atoms with Crippen molar-refractivity contribution in [2.45, 2.75) is 73.1 Å². The van der Waals surface area contributed by atoms with Crippen molar-refractivity contribution >= 4 is 11.7 Å². The first-order valence-corrected chi connectivity index (χ1v) is 12.6. The smallest absolute Gasteiger partial charge is 0.258 e. The zero-order valence-electron chi connectivity index (χ0n) is 21.6. The highest BCUT2D eigenvalue weighted by Gasteiger charge is 2.35. The highest BCUT2D eigenvalue weighted by molar-refractivity contribution is 6.06. The molecule has 182 valence electrons. The van der Waals surface area contributed by atoms with Gasteiger partial charge in [0.15, 0.2) is 0 Å². The summed E-state index contributed by atoms with van der Waals surface area (Å²) >= 11 is 0. The number of benzene rings is 1. The first-order chi connectivity index (χ1) is 16.3. The Hall–Kier alpha value is -3.08. The molecule has 1 fully saturated rings. The van der Waals surface area contributed by atoms with Gasteiger partial charge in [0.1, 0.15) is 5.84 Å². The van der Waals surface area contributed by atoms with E-state index < -0.39 is 0 Å². The summed E-state index contributed by atoms with van der Waals surface area (Å²) in [7, 11) is 0. The molecular formula is C29H40N4O. The van der Waals surface area contributed by atoms with Gasteiger partial charge in [0.05, 0.1) is 5.57 Å². The van der Waals surface area contributed by atoms with E-state index in [1.54, 1.807) is 6.08 Å². The number of carbonyl (C=O) groups is 1. The van der Waals surface area contributed by atoms with Gasteiger partial charge in [-0.25, -0.2) is 0 Å². The molecule has 2 unspecified atom stereocenters. The molecule has 1 saturated heterocycles. The number of hydrogen-bond donors (Lipinski definition) is 4. The summed E-state index contributed by atoms with van der Waals surface area (Å²) < 4.78 is 0. The van der Waals surface area contributed by atoms with Crippen molar-refractivity contribution in [1.82, 2.24) is 16.0 Å². The van der Waals surface area contributed by atoms with Gasteiger partial charge in [-0.2, -0.15) is 0 Å². The van der Waals surface area contributed by atoms with Crippen LogP contribution in [-0.4, -0.2) is 18.3 Å². The van der Waals surface area contributed by atoms with E-state index in [1.165, 1.54) is 16.7 Å². The van der Waals surface area contributed by atoms with Gasteiger partial charge in [-0.3, -0.25) is 10.2 Å². The topological polar surface area (TPSA) is 77.0 Å². The number of unbranched alkanes of at least 4 members (excludes halogenated alkanes) is 1. The number of carbonyl (C=O) groups excluding carboxylic acids is 1. The molecule has 2 atom stereocenters. The molecule has 1 aliphatic heterocycles. The molecule has 4 N–H and O–H groups in total. The third kappa shape index (κ3) is 5.69. The van der Waals surface area contributed by atoms with Crippen LogP contribution in [0.4, 0.5) is 0 Å². The average molecular weight is 461 g/mol. The van der Waals surface area contributed by atoms with E-state index >= 15 is 0 Å². The van der Waals surface area contributed by atoms with Gasteiger partial charge in [-0.1, -0.05) is 57.5 Å². The van der Waals surface area contributed by atoms with E-state index in [4.69, 9.17) is 5.41 Å². The van der Waals surface area contributed by atoms with Crippen LogP contribution in [0.25, 0.3) is 0 Å². The minimum atomic E-state index is -0.105. The molecule has 0 aromatic heterocycles. The quantitative estimate of drug-likeness (QED) is 0.164. The lowest BCUT2D eigenvalue weighted by atomic mass is 9.76. The maximum absolute atomic E-state index is 13.0. The lowest BCUT2D eigenvalue weighted by Gasteiger charge is -2.28. The molecule has 1 heterocycles. The van der Waals surface area contributed by atoms with Gasteiger partial charge in [-0.15, -0.1) is 0 Å². The van der Waals surface area contributed by atoms with Crippen LogP contribution in [0, 0.1) is 18.3 Å². The van der Waals surface area contributed by atoms with Crippen LogP contribution >= 0.6 is 0 Å². The zero-order valence-corrected chi connectivity index (χ0v) is 21.6. The Morgan fingerprint density at radius 3 is 2.62 bits per heavy atom. The Morgan fingerprint density at radius 2 is 1.94 bits per heavy atom. The van der Waals surface area contributed by atoms with Crippen LogP contribution in [0.5, 0.6) is 0 Å². The molecule has 5 heteroatoms. The average Bonchev–Trinajstić information content (AvgIpc) is 3.13. The van der Waals surface area contributed by atoms with Crippen LogP contribution in [0.1, 0.15) is 76.5 Å². The number of hydrogen-bond acceptors (Lipinski definition) is 3. The molecule has 0 saturated carbocycles. The first kappa shape index (κ1) is 25.5. The molecule has 1 aromatic rings. The SMILES string of the molecule is CCCCN/C(C)=C\C(=N)N/C(C)=C1\C(=O)NC2=CC(CC)C(c3cc(CC)ccc3C)C=C21. The van der Waals surface area contributed by atoms with Crippen LogP contribution in [0.15, 0.2) is 64.7 Å². The maximum Gasteiger partial charge on any atom is 0.258 e. The fourth-order valence-corrected chi connectivity index (χ4v) is 4.80. The van der Waals surface area contributed by atoms with Crippen LogP contribution < -0.4 is 16.0 Å².